The molecule has 2 nitrogen and oxygen atoms in total. The third-order valence-corrected chi connectivity index (χ3v) is 4.18. The Balaban J connectivity index is 2.32. The van der Waals surface area contributed by atoms with Crippen molar-refractivity contribution in [2.75, 3.05) is 6.61 Å². The van der Waals surface area contributed by atoms with Crippen molar-refractivity contribution in [2.24, 2.45) is 0 Å². The van der Waals surface area contributed by atoms with E-state index in [1.54, 1.807) is 19.1 Å². The number of carbonyl (C=O) groups excluding carboxylic acids is 1. The molecule has 1 aromatic rings. The first kappa shape index (κ1) is 15.2. The molecule has 1 saturated carbocycles. The zero-order chi connectivity index (χ0) is 14.6. The molecule has 1 aliphatic rings. The van der Waals surface area contributed by atoms with Crippen molar-refractivity contribution in [1.29, 1.82) is 0 Å². The van der Waals surface area contributed by atoms with Crippen molar-refractivity contribution < 1.29 is 13.9 Å². The number of benzene rings is 1. The van der Waals surface area contributed by atoms with E-state index in [-0.39, 0.29) is 11.6 Å². The van der Waals surface area contributed by atoms with Crippen molar-refractivity contribution in [2.45, 2.75) is 58.0 Å². The van der Waals surface area contributed by atoms with Gasteiger partial charge in [0.25, 0.3) is 0 Å². The Morgan fingerprint density at radius 2 is 1.90 bits per heavy atom. The molecule has 1 aromatic carbocycles. The van der Waals surface area contributed by atoms with Crippen molar-refractivity contribution in [3.05, 3.63) is 35.1 Å². The number of aryl methyl sites for hydroxylation is 1. The van der Waals surface area contributed by atoms with Crippen LogP contribution < -0.4 is 0 Å². The largest absolute Gasteiger partial charge is 0.367 e. The highest BCUT2D eigenvalue weighted by Gasteiger charge is 2.39. The van der Waals surface area contributed by atoms with Crippen molar-refractivity contribution >= 4 is 5.78 Å². The van der Waals surface area contributed by atoms with E-state index in [4.69, 9.17) is 4.74 Å². The van der Waals surface area contributed by atoms with Gasteiger partial charge >= 0.3 is 0 Å². The summed E-state index contributed by atoms with van der Waals surface area (Å²) in [5, 5.41) is 0. The van der Waals surface area contributed by atoms with Gasteiger partial charge in [0.15, 0.2) is 5.78 Å². The van der Waals surface area contributed by atoms with Gasteiger partial charge in [-0.15, -0.1) is 0 Å². The molecule has 110 valence electrons. The molecule has 0 spiro atoms. The minimum atomic E-state index is -0.743. The molecule has 20 heavy (non-hydrogen) atoms. The second-order valence-corrected chi connectivity index (χ2v) is 5.63. The summed E-state index contributed by atoms with van der Waals surface area (Å²) in [6.45, 7) is 4.13. The van der Waals surface area contributed by atoms with E-state index in [0.29, 0.717) is 17.7 Å². The fourth-order valence-corrected chi connectivity index (χ4v) is 3.01. The van der Waals surface area contributed by atoms with Gasteiger partial charge in [0, 0.05) is 12.2 Å². The van der Waals surface area contributed by atoms with Crippen molar-refractivity contribution in [1.82, 2.24) is 0 Å². The molecule has 0 heterocycles. The van der Waals surface area contributed by atoms with Crippen LogP contribution >= 0.6 is 0 Å². The summed E-state index contributed by atoms with van der Waals surface area (Å²) in [6.07, 6.45) is 5.78. The number of hydrogen-bond acceptors (Lipinski definition) is 2. The van der Waals surface area contributed by atoms with Gasteiger partial charge in [-0.05, 0) is 38.3 Å². The van der Waals surface area contributed by atoms with E-state index in [1.165, 1.54) is 6.07 Å². The van der Waals surface area contributed by atoms with Gasteiger partial charge in [0.1, 0.15) is 11.4 Å². The maximum atomic E-state index is 13.7. The predicted octanol–water partition coefficient (Wildman–Crippen LogP) is 4.45. The summed E-state index contributed by atoms with van der Waals surface area (Å²) in [7, 11) is 0. The number of rotatable bonds is 4. The van der Waals surface area contributed by atoms with Crippen LogP contribution in [-0.2, 0) is 4.74 Å². The highest BCUT2D eigenvalue weighted by atomic mass is 19.1. The van der Waals surface area contributed by atoms with Crippen LogP contribution in [0.4, 0.5) is 4.39 Å². The SMILES string of the molecule is CCOC1(C(=O)c2ccc(C)c(F)c2)CCCCCC1. The Bertz CT molecular complexity index is 474. The van der Waals surface area contributed by atoms with E-state index < -0.39 is 5.60 Å². The predicted molar refractivity (Wildman–Crippen MR) is 77.5 cm³/mol. The Morgan fingerprint density at radius 3 is 2.45 bits per heavy atom. The van der Waals surface area contributed by atoms with E-state index in [9.17, 15) is 9.18 Å². The van der Waals surface area contributed by atoms with Gasteiger partial charge < -0.3 is 4.74 Å². The van der Waals surface area contributed by atoms with Crippen LogP contribution in [0.2, 0.25) is 0 Å². The smallest absolute Gasteiger partial charge is 0.194 e. The molecule has 0 atom stereocenters. The molecule has 0 aliphatic heterocycles. The maximum absolute atomic E-state index is 13.7. The number of hydrogen-bond donors (Lipinski definition) is 0. The van der Waals surface area contributed by atoms with Gasteiger partial charge in [-0.25, -0.2) is 4.39 Å². The van der Waals surface area contributed by atoms with Crippen LogP contribution in [0.1, 0.15) is 61.4 Å². The zero-order valence-electron chi connectivity index (χ0n) is 12.4. The Morgan fingerprint density at radius 1 is 1.25 bits per heavy atom. The summed E-state index contributed by atoms with van der Waals surface area (Å²) in [6, 6.07) is 4.73. The summed E-state index contributed by atoms with van der Waals surface area (Å²) >= 11 is 0. The maximum Gasteiger partial charge on any atom is 0.194 e. The summed E-state index contributed by atoms with van der Waals surface area (Å²) in [4.78, 5) is 12.8. The monoisotopic (exact) mass is 278 g/mol. The topological polar surface area (TPSA) is 26.3 Å². The quantitative estimate of drug-likeness (QED) is 0.601. The molecule has 0 saturated heterocycles. The fourth-order valence-electron chi connectivity index (χ4n) is 3.01. The molecule has 0 N–H and O–H groups in total. The van der Waals surface area contributed by atoms with E-state index in [2.05, 4.69) is 0 Å². The van der Waals surface area contributed by atoms with Crippen molar-refractivity contribution in [3.63, 3.8) is 0 Å². The zero-order valence-corrected chi connectivity index (χ0v) is 12.4. The van der Waals surface area contributed by atoms with Crippen LogP contribution in [0.25, 0.3) is 0 Å². The van der Waals surface area contributed by atoms with Gasteiger partial charge in [-0.3, -0.25) is 4.79 Å². The van der Waals surface area contributed by atoms with Gasteiger partial charge in [0.2, 0.25) is 0 Å². The lowest BCUT2D eigenvalue weighted by Crippen LogP contribution is -2.41. The van der Waals surface area contributed by atoms with Crippen molar-refractivity contribution in [3.8, 4) is 0 Å². The van der Waals surface area contributed by atoms with Crippen LogP contribution in [0.3, 0.4) is 0 Å². The third kappa shape index (κ3) is 3.09. The normalized spacial score (nSPS) is 18.6. The summed E-state index contributed by atoms with van der Waals surface area (Å²) < 4.78 is 19.6. The lowest BCUT2D eigenvalue weighted by Gasteiger charge is -2.31. The Labute approximate surface area is 120 Å². The van der Waals surface area contributed by atoms with E-state index in [1.807, 2.05) is 6.92 Å². The first-order valence-corrected chi connectivity index (χ1v) is 7.54. The molecular weight excluding hydrogens is 255 g/mol. The number of Topliss-reactive ketones (excluding diaryl/α,β-unsaturated/α-hetero) is 1. The first-order chi connectivity index (χ1) is 9.59. The number of ketones is 1. The van der Waals surface area contributed by atoms with Crippen LogP contribution in [-0.4, -0.2) is 18.0 Å². The number of halogens is 1. The third-order valence-electron chi connectivity index (χ3n) is 4.18. The lowest BCUT2D eigenvalue weighted by atomic mass is 9.85. The summed E-state index contributed by atoms with van der Waals surface area (Å²) in [5.74, 6) is -0.378. The van der Waals surface area contributed by atoms with Crippen LogP contribution in [0.5, 0.6) is 0 Å². The molecular formula is C17H23FO2. The van der Waals surface area contributed by atoms with Crippen LogP contribution in [0, 0.1) is 12.7 Å². The van der Waals surface area contributed by atoms with Crippen LogP contribution in [0.15, 0.2) is 18.2 Å². The summed E-state index contributed by atoms with van der Waals surface area (Å²) in [5.41, 5.74) is 0.253. The average Bonchev–Trinajstić information content (AvgIpc) is 2.68. The van der Waals surface area contributed by atoms with Gasteiger partial charge in [0.05, 0.1) is 0 Å². The van der Waals surface area contributed by atoms with Gasteiger partial charge in [-0.2, -0.15) is 0 Å². The van der Waals surface area contributed by atoms with Gasteiger partial charge in [-0.1, -0.05) is 37.8 Å². The molecule has 0 radical (unpaired) electrons. The molecule has 0 aromatic heterocycles. The fraction of sp³-hybridized carbons (Fsp3) is 0.588. The highest BCUT2D eigenvalue weighted by Crippen LogP contribution is 2.34. The Kier molecular flexibility index (Phi) is 4.92. The highest BCUT2D eigenvalue weighted by molar-refractivity contribution is 6.02. The minimum absolute atomic E-state index is 0.0554. The number of ether oxygens (including phenoxy) is 1. The first-order valence-electron chi connectivity index (χ1n) is 7.54. The lowest BCUT2D eigenvalue weighted by molar-refractivity contribution is -0.0292. The average molecular weight is 278 g/mol. The second-order valence-electron chi connectivity index (χ2n) is 5.63. The second kappa shape index (κ2) is 6.49. The minimum Gasteiger partial charge on any atom is -0.367 e. The molecule has 0 amide bonds. The molecule has 0 unspecified atom stereocenters. The van der Waals surface area contributed by atoms with E-state index >= 15 is 0 Å². The van der Waals surface area contributed by atoms with E-state index in [0.717, 1.165) is 38.5 Å². The standard InChI is InChI=1S/C17H23FO2/c1-3-20-17(10-6-4-5-7-11-17)16(19)14-9-8-13(2)15(18)12-14/h8-9,12H,3-7,10-11H2,1-2H3. The molecule has 3 heteroatoms. The molecule has 0 bridgehead atoms. The molecule has 2 rings (SSSR count). The molecule has 1 aliphatic carbocycles. The Hall–Kier alpha value is -1.22. The molecule has 1 fully saturated rings. The number of carbonyl (C=O) groups is 1.